The van der Waals surface area contributed by atoms with Crippen molar-refractivity contribution < 1.29 is 9.53 Å². The molecule has 2 heterocycles. The second-order valence-electron chi connectivity index (χ2n) is 5.82. The number of hydrogen-bond acceptors (Lipinski definition) is 6. The van der Waals surface area contributed by atoms with Crippen LogP contribution in [0.2, 0.25) is 0 Å². The molecule has 0 atom stereocenters. The van der Waals surface area contributed by atoms with E-state index in [4.69, 9.17) is 4.74 Å². The third kappa shape index (κ3) is 3.47. The van der Waals surface area contributed by atoms with Gasteiger partial charge in [0.15, 0.2) is 0 Å². The third-order valence-corrected chi connectivity index (χ3v) is 4.00. The number of carbonyl (C=O) groups is 1. The van der Waals surface area contributed by atoms with Crippen molar-refractivity contribution in [1.82, 2.24) is 15.0 Å². The molecule has 23 heavy (non-hydrogen) atoms. The lowest BCUT2D eigenvalue weighted by Crippen LogP contribution is -2.11. The van der Waals surface area contributed by atoms with Crippen LogP contribution in [-0.4, -0.2) is 28.0 Å². The van der Waals surface area contributed by atoms with Gasteiger partial charge in [-0.3, -0.25) is 4.98 Å². The van der Waals surface area contributed by atoms with Gasteiger partial charge in [0, 0.05) is 17.8 Å². The number of pyridine rings is 1. The van der Waals surface area contributed by atoms with Crippen molar-refractivity contribution in [2.24, 2.45) is 0 Å². The molecule has 6 heteroatoms. The fourth-order valence-electron chi connectivity index (χ4n) is 2.35. The number of esters is 1. The maximum atomic E-state index is 11.8. The van der Waals surface area contributed by atoms with Gasteiger partial charge in [0.1, 0.15) is 0 Å². The molecule has 120 valence electrons. The number of aryl methyl sites for hydroxylation is 2. The van der Waals surface area contributed by atoms with Gasteiger partial charge in [-0.25, -0.2) is 14.8 Å². The normalized spacial score (nSPS) is 13.7. The highest BCUT2D eigenvalue weighted by molar-refractivity contribution is 5.90. The smallest absolute Gasteiger partial charge is 0.339 e. The number of nitrogens with one attached hydrogen (secondary N) is 1. The van der Waals surface area contributed by atoms with Crippen molar-refractivity contribution in [1.29, 1.82) is 0 Å². The predicted octanol–water partition coefficient (Wildman–Crippen LogP) is 2.76. The molecule has 0 spiro atoms. The summed E-state index contributed by atoms with van der Waals surface area (Å²) in [6, 6.07) is 3.64. The number of hydrogen-bond donors (Lipinski definition) is 1. The van der Waals surface area contributed by atoms with Crippen molar-refractivity contribution in [3.63, 3.8) is 0 Å². The van der Waals surface area contributed by atoms with Gasteiger partial charge in [-0.1, -0.05) is 0 Å². The number of methoxy groups -OCH3 is 1. The molecule has 0 aliphatic heterocycles. The minimum atomic E-state index is -0.323. The summed E-state index contributed by atoms with van der Waals surface area (Å²) in [5.41, 5.74) is 4.29. The van der Waals surface area contributed by atoms with Gasteiger partial charge >= 0.3 is 5.97 Å². The Balaban J connectivity index is 1.76. The van der Waals surface area contributed by atoms with Crippen molar-refractivity contribution in [3.05, 3.63) is 46.5 Å². The van der Waals surface area contributed by atoms with Gasteiger partial charge in [-0.05, 0) is 44.4 Å². The minimum Gasteiger partial charge on any atom is -0.465 e. The second kappa shape index (κ2) is 6.32. The number of ether oxygens (including phenoxy) is 1. The zero-order chi connectivity index (χ0) is 16.4. The number of nitrogens with zero attached hydrogens (tertiary/aromatic N) is 3. The molecule has 0 aromatic carbocycles. The summed E-state index contributed by atoms with van der Waals surface area (Å²) in [6.45, 7) is 4.45. The molecule has 0 bridgehead atoms. The van der Waals surface area contributed by atoms with Gasteiger partial charge in [0.05, 0.1) is 30.6 Å². The van der Waals surface area contributed by atoms with Crippen molar-refractivity contribution in [2.45, 2.75) is 39.2 Å². The first-order valence-electron chi connectivity index (χ1n) is 7.70. The van der Waals surface area contributed by atoms with Crippen LogP contribution in [0.3, 0.4) is 0 Å². The summed E-state index contributed by atoms with van der Waals surface area (Å²) in [7, 11) is 1.39. The van der Waals surface area contributed by atoms with Crippen molar-refractivity contribution in [2.75, 3.05) is 12.4 Å². The highest BCUT2D eigenvalue weighted by Gasteiger charge is 2.30. The molecule has 1 aliphatic rings. The van der Waals surface area contributed by atoms with E-state index in [0.717, 1.165) is 35.5 Å². The fraction of sp³-hybridized carbons (Fsp3) is 0.412. The molecule has 0 radical (unpaired) electrons. The Morgan fingerprint density at radius 1 is 1.30 bits per heavy atom. The molecule has 1 saturated carbocycles. The van der Waals surface area contributed by atoms with Crippen LogP contribution in [0.1, 0.15) is 51.8 Å². The van der Waals surface area contributed by atoms with E-state index in [9.17, 15) is 4.79 Å². The molecule has 0 unspecified atom stereocenters. The Bertz CT molecular complexity index is 741. The first-order valence-corrected chi connectivity index (χ1v) is 7.70. The molecule has 1 aliphatic carbocycles. The van der Waals surface area contributed by atoms with Crippen LogP contribution < -0.4 is 5.32 Å². The fourth-order valence-corrected chi connectivity index (χ4v) is 2.35. The van der Waals surface area contributed by atoms with E-state index >= 15 is 0 Å². The molecular weight excluding hydrogens is 292 g/mol. The summed E-state index contributed by atoms with van der Waals surface area (Å²) in [5, 5.41) is 3.18. The minimum absolute atomic E-state index is 0.323. The van der Waals surface area contributed by atoms with Gasteiger partial charge in [0.25, 0.3) is 0 Å². The van der Waals surface area contributed by atoms with Gasteiger partial charge in [-0.15, -0.1) is 0 Å². The standard InChI is InChI=1S/C17H20N4O2/c1-10-8-18-17(20-11(10)2)19-9-13-6-7-14(16(22)23-3)15(21-13)12-4-5-12/h6-8,12H,4-5,9H2,1-3H3,(H,18,19,20). The average Bonchev–Trinajstić information content (AvgIpc) is 3.40. The number of anilines is 1. The molecule has 1 N–H and O–H groups in total. The number of aromatic nitrogens is 3. The van der Waals surface area contributed by atoms with Crippen LogP contribution in [0.25, 0.3) is 0 Å². The zero-order valence-electron chi connectivity index (χ0n) is 13.6. The van der Waals surface area contributed by atoms with E-state index in [1.165, 1.54) is 7.11 Å². The molecule has 1 fully saturated rings. The van der Waals surface area contributed by atoms with E-state index < -0.39 is 0 Å². The second-order valence-corrected chi connectivity index (χ2v) is 5.82. The maximum Gasteiger partial charge on any atom is 0.339 e. The lowest BCUT2D eigenvalue weighted by atomic mass is 10.1. The maximum absolute atomic E-state index is 11.8. The van der Waals surface area contributed by atoms with E-state index in [-0.39, 0.29) is 5.97 Å². The Morgan fingerprint density at radius 2 is 2.09 bits per heavy atom. The molecule has 0 amide bonds. The monoisotopic (exact) mass is 312 g/mol. The topological polar surface area (TPSA) is 77.0 Å². The molecule has 2 aromatic rings. The first-order chi connectivity index (χ1) is 11.1. The lowest BCUT2D eigenvalue weighted by Gasteiger charge is -2.10. The van der Waals surface area contributed by atoms with Gasteiger partial charge in [-0.2, -0.15) is 0 Å². The largest absolute Gasteiger partial charge is 0.465 e. The molecule has 3 rings (SSSR count). The third-order valence-electron chi connectivity index (χ3n) is 4.00. The zero-order valence-corrected chi connectivity index (χ0v) is 13.6. The van der Waals surface area contributed by atoms with Crippen molar-refractivity contribution in [3.8, 4) is 0 Å². The van der Waals surface area contributed by atoms with Crippen LogP contribution in [-0.2, 0) is 11.3 Å². The average molecular weight is 312 g/mol. The predicted molar refractivity (Wildman–Crippen MR) is 86.4 cm³/mol. The van der Waals surface area contributed by atoms with E-state index in [0.29, 0.717) is 24.0 Å². The lowest BCUT2D eigenvalue weighted by molar-refractivity contribution is 0.0598. The highest BCUT2D eigenvalue weighted by atomic mass is 16.5. The Labute approximate surface area is 135 Å². The van der Waals surface area contributed by atoms with Crippen LogP contribution in [0.4, 0.5) is 5.95 Å². The van der Waals surface area contributed by atoms with Gasteiger partial charge < -0.3 is 10.1 Å². The Kier molecular flexibility index (Phi) is 4.23. The van der Waals surface area contributed by atoms with Crippen LogP contribution in [0, 0.1) is 13.8 Å². The molecule has 0 saturated heterocycles. The first kappa shape index (κ1) is 15.4. The quantitative estimate of drug-likeness (QED) is 0.855. The van der Waals surface area contributed by atoms with Gasteiger partial charge in [0.2, 0.25) is 5.95 Å². The number of carbonyl (C=O) groups excluding carboxylic acids is 1. The van der Waals surface area contributed by atoms with Crippen LogP contribution >= 0.6 is 0 Å². The summed E-state index contributed by atoms with van der Waals surface area (Å²) >= 11 is 0. The van der Waals surface area contributed by atoms with Crippen LogP contribution in [0.15, 0.2) is 18.3 Å². The Hall–Kier alpha value is -2.50. The highest BCUT2D eigenvalue weighted by Crippen LogP contribution is 2.40. The SMILES string of the molecule is COC(=O)c1ccc(CNc2ncc(C)c(C)n2)nc1C1CC1. The van der Waals surface area contributed by atoms with Crippen molar-refractivity contribution >= 4 is 11.9 Å². The summed E-state index contributed by atoms with van der Waals surface area (Å²) < 4.78 is 4.83. The van der Waals surface area contributed by atoms with E-state index in [2.05, 4.69) is 20.3 Å². The van der Waals surface area contributed by atoms with E-state index in [1.807, 2.05) is 19.9 Å². The van der Waals surface area contributed by atoms with E-state index in [1.54, 1.807) is 12.3 Å². The molecule has 2 aromatic heterocycles. The summed E-state index contributed by atoms with van der Waals surface area (Å²) in [5.74, 6) is 0.637. The number of rotatable bonds is 5. The Morgan fingerprint density at radius 3 is 2.74 bits per heavy atom. The van der Waals surface area contributed by atoms with Crippen LogP contribution in [0.5, 0.6) is 0 Å². The molecule has 6 nitrogen and oxygen atoms in total. The molecular formula is C17H20N4O2. The summed E-state index contributed by atoms with van der Waals surface area (Å²) in [6.07, 6.45) is 3.95. The summed E-state index contributed by atoms with van der Waals surface area (Å²) in [4.78, 5) is 25.1.